The van der Waals surface area contributed by atoms with Crippen LogP contribution < -0.4 is 10.0 Å². The molecule has 0 aliphatic carbocycles. The quantitative estimate of drug-likeness (QED) is 0.215. The van der Waals surface area contributed by atoms with Gasteiger partial charge in [0.1, 0.15) is 10.7 Å². The minimum Gasteiger partial charge on any atom is -0.293 e. The van der Waals surface area contributed by atoms with Crippen molar-refractivity contribution in [3.63, 3.8) is 0 Å². The molecular weight excluding hydrogens is 528 g/mol. The van der Waals surface area contributed by atoms with E-state index in [0.29, 0.717) is 11.1 Å². The lowest BCUT2D eigenvalue weighted by molar-refractivity contribution is 0.0951. The van der Waals surface area contributed by atoms with E-state index in [-0.39, 0.29) is 11.6 Å². The van der Waals surface area contributed by atoms with E-state index in [2.05, 4.69) is 0 Å². The third-order valence-corrected chi connectivity index (χ3v) is 8.99. The average molecular weight is 559 g/mol. The van der Waals surface area contributed by atoms with Crippen LogP contribution in [0.2, 0.25) is 0 Å². The highest BCUT2D eigenvalue weighted by Gasteiger charge is 2.48. The van der Waals surface area contributed by atoms with Gasteiger partial charge in [0.05, 0.1) is 23.2 Å². The van der Waals surface area contributed by atoms with Gasteiger partial charge in [-0.15, -0.1) is 11.8 Å². The molecule has 0 fully saturated rings. The van der Waals surface area contributed by atoms with Crippen molar-refractivity contribution in [2.24, 2.45) is 22.0 Å². The van der Waals surface area contributed by atoms with Gasteiger partial charge in [-0.25, -0.2) is 0 Å². The fourth-order valence-electron chi connectivity index (χ4n) is 5.46. The summed E-state index contributed by atoms with van der Waals surface area (Å²) in [5.41, 5.74) is 4.55. The van der Waals surface area contributed by atoms with E-state index < -0.39 is 22.6 Å². The van der Waals surface area contributed by atoms with Crippen LogP contribution in [0, 0.1) is 11.8 Å². The standard InChI is InChI=1S/C34H30N4O2S/c1-23-29(31(39)25-15-7-3-8-16-25)33(37(35-23)27-19-11-5-12-20-27)41-34-30(32(40)26-17-9-4-10-18-26)24(2)36-38(34)28-21-13-6-14-22-28/h3-22,29-30,33-34H,1-2H3/t29-,30+,33+,34-. The molecule has 4 aromatic carbocycles. The van der Waals surface area contributed by atoms with Crippen molar-refractivity contribution in [1.82, 2.24) is 0 Å². The number of rotatable bonds is 8. The molecule has 4 aromatic rings. The van der Waals surface area contributed by atoms with Crippen LogP contribution in [0.3, 0.4) is 0 Å². The van der Waals surface area contributed by atoms with Crippen molar-refractivity contribution >= 4 is 46.1 Å². The molecule has 0 spiro atoms. The predicted octanol–water partition coefficient (Wildman–Crippen LogP) is 7.16. The first-order valence-electron chi connectivity index (χ1n) is 13.7. The summed E-state index contributed by atoms with van der Waals surface area (Å²) in [5, 5.41) is 12.9. The van der Waals surface area contributed by atoms with Gasteiger partial charge in [-0.2, -0.15) is 10.2 Å². The van der Waals surface area contributed by atoms with Crippen molar-refractivity contribution in [2.45, 2.75) is 24.6 Å². The molecule has 4 atom stereocenters. The molecule has 0 radical (unpaired) electrons. The van der Waals surface area contributed by atoms with Crippen molar-refractivity contribution < 1.29 is 9.59 Å². The fraction of sp³-hybridized carbons (Fsp3) is 0.176. The van der Waals surface area contributed by atoms with Gasteiger partial charge in [0.2, 0.25) is 0 Å². The zero-order chi connectivity index (χ0) is 28.3. The molecule has 7 heteroatoms. The topological polar surface area (TPSA) is 65.3 Å². The van der Waals surface area contributed by atoms with Crippen LogP contribution in [0.25, 0.3) is 0 Å². The van der Waals surface area contributed by atoms with E-state index in [1.807, 2.05) is 145 Å². The minimum atomic E-state index is -0.506. The number of para-hydroxylation sites is 2. The summed E-state index contributed by atoms with van der Waals surface area (Å²) in [6.07, 6.45) is 0. The number of hydrogen-bond donors (Lipinski definition) is 0. The molecule has 0 aromatic heterocycles. The van der Waals surface area contributed by atoms with Crippen LogP contribution in [0.4, 0.5) is 11.4 Å². The predicted molar refractivity (Wildman–Crippen MR) is 168 cm³/mol. The fourth-order valence-corrected chi connectivity index (χ4v) is 7.27. The Balaban J connectivity index is 1.43. The van der Waals surface area contributed by atoms with Crippen molar-refractivity contribution in [2.75, 3.05) is 10.0 Å². The van der Waals surface area contributed by atoms with E-state index in [9.17, 15) is 9.59 Å². The van der Waals surface area contributed by atoms with E-state index in [4.69, 9.17) is 10.2 Å². The van der Waals surface area contributed by atoms with Gasteiger partial charge in [0, 0.05) is 22.6 Å². The number of anilines is 2. The van der Waals surface area contributed by atoms with Crippen LogP contribution in [0.15, 0.2) is 132 Å². The number of benzene rings is 4. The second-order valence-corrected chi connectivity index (χ2v) is 11.4. The van der Waals surface area contributed by atoms with Gasteiger partial charge < -0.3 is 0 Å². The molecule has 204 valence electrons. The monoisotopic (exact) mass is 558 g/mol. The number of hydrogen-bond acceptors (Lipinski definition) is 7. The molecule has 0 unspecified atom stereocenters. The zero-order valence-corrected chi connectivity index (χ0v) is 23.7. The van der Waals surface area contributed by atoms with Crippen LogP contribution >= 0.6 is 11.8 Å². The maximum atomic E-state index is 14.0. The summed E-state index contributed by atoms with van der Waals surface area (Å²) >= 11 is 1.57. The molecule has 41 heavy (non-hydrogen) atoms. The largest absolute Gasteiger partial charge is 0.293 e. The number of Topliss-reactive ketones (excluding diaryl/α,β-unsaturated/α-hetero) is 2. The highest BCUT2D eigenvalue weighted by atomic mass is 32.2. The lowest BCUT2D eigenvalue weighted by atomic mass is 9.93. The van der Waals surface area contributed by atoms with Crippen LogP contribution in [-0.4, -0.2) is 33.7 Å². The Morgan fingerprint density at radius 1 is 0.537 bits per heavy atom. The molecule has 0 bridgehead atoms. The molecule has 2 aliphatic heterocycles. The lowest BCUT2D eigenvalue weighted by Crippen LogP contribution is -2.42. The Hall–Kier alpha value is -4.49. The molecule has 0 saturated heterocycles. The Morgan fingerprint density at radius 3 is 1.20 bits per heavy atom. The maximum Gasteiger partial charge on any atom is 0.174 e. The molecule has 2 aliphatic rings. The van der Waals surface area contributed by atoms with Gasteiger partial charge in [0.25, 0.3) is 0 Å². The molecule has 6 rings (SSSR count). The molecule has 0 amide bonds. The second-order valence-electron chi connectivity index (χ2n) is 10.2. The van der Waals surface area contributed by atoms with E-state index in [1.54, 1.807) is 11.8 Å². The Labute approximate surface area is 244 Å². The van der Waals surface area contributed by atoms with Gasteiger partial charge >= 0.3 is 0 Å². The third kappa shape index (κ3) is 5.21. The number of hydrazone groups is 2. The Morgan fingerprint density at radius 2 is 0.854 bits per heavy atom. The highest BCUT2D eigenvalue weighted by molar-refractivity contribution is 8.00. The van der Waals surface area contributed by atoms with Crippen LogP contribution in [-0.2, 0) is 0 Å². The normalized spacial score (nSPS) is 21.9. The number of carbonyl (C=O) groups excluding carboxylic acids is 2. The second kappa shape index (κ2) is 11.6. The highest BCUT2D eigenvalue weighted by Crippen LogP contribution is 2.45. The van der Waals surface area contributed by atoms with Gasteiger partial charge in [-0.3, -0.25) is 19.6 Å². The number of carbonyl (C=O) groups is 2. The van der Waals surface area contributed by atoms with Crippen molar-refractivity contribution in [3.8, 4) is 0 Å². The first-order chi connectivity index (χ1) is 20.0. The summed E-state index contributed by atoms with van der Waals surface area (Å²) in [7, 11) is 0. The molecule has 2 heterocycles. The number of nitrogens with zero attached hydrogens (tertiary/aromatic N) is 4. The number of thioether (sulfide) groups is 1. The van der Waals surface area contributed by atoms with Crippen LogP contribution in [0.1, 0.15) is 34.6 Å². The summed E-state index contributed by atoms with van der Waals surface area (Å²) < 4.78 is 0. The van der Waals surface area contributed by atoms with E-state index in [1.165, 1.54) is 0 Å². The average Bonchev–Trinajstić information content (AvgIpc) is 3.53. The maximum absolute atomic E-state index is 14.0. The van der Waals surface area contributed by atoms with Gasteiger partial charge in [0.15, 0.2) is 11.6 Å². The Kier molecular flexibility index (Phi) is 7.53. The molecular formula is C34H30N4O2S. The van der Waals surface area contributed by atoms with Gasteiger partial charge in [-0.05, 0) is 38.1 Å². The van der Waals surface area contributed by atoms with E-state index >= 15 is 0 Å². The lowest BCUT2D eigenvalue weighted by Gasteiger charge is -2.34. The summed E-state index contributed by atoms with van der Waals surface area (Å²) in [4.78, 5) is 28.1. The van der Waals surface area contributed by atoms with Crippen molar-refractivity contribution in [3.05, 3.63) is 132 Å². The first-order valence-corrected chi connectivity index (χ1v) is 14.6. The Bertz CT molecular complexity index is 1470. The summed E-state index contributed by atoms with van der Waals surface area (Å²) in [6.45, 7) is 3.83. The zero-order valence-electron chi connectivity index (χ0n) is 22.9. The third-order valence-electron chi connectivity index (χ3n) is 7.49. The van der Waals surface area contributed by atoms with Gasteiger partial charge in [-0.1, -0.05) is 97.1 Å². The van der Waals surface area contributed by atoms with Crippen molar-refractivity contribution in [1.29, 1.82) is 0 Å². The molecule has 0 N–H and O–H groups in total. The number of ketones is 2. The summed E-state index contributed by atoms with van der Waals surface area (Å²) in [5.74, 6) is -0.992. The molecule has 0 saturated carbocycles. The summed E-state index contributed by atoms with van der Waals surface area (Å²) in [6, 6.07) is 38.5. The smallest absolute Gasteiger partial charge is 0.174 e. The minimum absolute atomic E-state index is 0.00983. The van der Waals surface area contributed by atoms with Crippen LogP contribution in [0.5, 0.6) is 0 Å². The van der Waals surface area contributed by atoms with E-state index in [0.717, 1.165) is 22.8 Å². The SMILES string of the molecule is CC1=NN(c2ccccc2)[C@H](S[C@H]2[C@@H](C(=O)c3ccccc3)C(C)=NN2c2ccccc2)[C@@H]1C(=O)c1ccccc1. The first kappa shape index (κ1) is 26.7. The molecule has 6 nitrogen and oxygen atoms in total.